The molecule has 2 aliphatic rings. The van der Waals surface area contributed by atoms with Crippen LogP contribution < -0.4 is 11.1 Å². The quantitative estimate of drug-likeness (QED) is 0.821. The van der Waals surface area contributed by atoms with Gasteiger partial charge in [-0.05, 0) is 18.1 Å². The van der Waals surface area contributed by atoms with Crippen LogP contribution in [0.15, 0.2) is 46.8 Å². The number of fused-ring (bicyclic) bond motifs is 1. The van der Waals surface area contributed by atoms with Crippen molar-refractivity contribution in [3.05, 3.63) is 47.4 Å². The van der Waals surface area contributed by atoms with Gasteiger partial charge in [0.05, 0.1) is 25.0 Å². The third-order valence-corrected chi connectivity index (χ3v) is 4.44. The molecule has 4 rings (SSSR count). The molecule has 1 aromatic carbocycles. The van der Waals surface area contributed by atoms with Crippen molar-refractivity contribution in [1.29, 1.82) is 0 Å². The van der Waals surface area contributed by atoms with E-state index in [1.165, 1.54) is 10.4 Å². The summed E-state index contributed by atoms with van der Waals surface area (Å²) in [5, 5.41) is 12.2. The van der Waals surface area contributed by atoms with Crippen molar-refractivity contribution < 1.29 is 0 Å². The van der Waals surface area contributed by atoms with Gasteiger partial charge in [0.25, 0.3) is 0 Å². The lowest BCUT2D eigenvalue weighted by Gasteiger charge is -2.38. The second kappa shape index (κ2) is 5.58. The molecule has 23 heavy (non-hydrogen) atoms. The molecule has 0 amide bonds. The lowest BCUT2D eigenvalue weighted by Crippen LogP contribution is -2.40. The van der Waals surface area contributed by atoms with E-state index >= 15 is 0 Å². The first-order chi connectivity index (χ1) is 11.2. The van der Waals surface area contributed by atoms with Crippen LogP contribution in [0.5, 0.6) is 0 Å². The van der Waals surface area contributed by atoms with Crippen LogP contribution in [-0.2, 0) is 0 Å². The van der Waals surface area contributed by atoms with Crippen LogP contribution in [0, 0.1) is 0 Å². The Balaban J connectivity index is 1.77. The molecule has 0 fully saturated rings. The van der Waals surface area contributed by atoms with Gasteiger partial charge in [0.1, 0.15) is 5.84 Å². The van der Waals surface area contributed by atoms with Crippen LogP contribution in [0.2, 0.25) is 0 Å². The number of benzene rings is 1. The summed E-state index contributed by atoms with van der Waals surface area (Å²) in [4.78, 5) is 7.80. The normalized spacial score (nSPS) is 20.8. The average molecular weight is 330 g/mol. The molecule has 118 valence electrons. The number of para-hydroxylation sites is 1. The zero-order valence-electron chi connectivity index (χ0n) is 12.4. The summed E-state index contributed by atoms with van der Waals surface area (Å²) in [6, 6.07) is 8.39. The SMILES string of the molecule is NC1=NC(n2nccn2)=C(Cl)N(C2CCNc3ccccc32)C1. The van der Waals surface area contributed by atoms with E-state index in [1.54, 1.807) is 12.4 Å². The van der Waals surface area contributed by atoms with Gasteiger partial charge in [-0.2, -0.15) is 10.2 Å². The summed E-state index contributed by atoms with van der Waals surface area (Å²) in [6.07, 6.45) is 4.10. The van der Waals surface area contributed by atoms with Gasteiger partial charge in [-0.1, -0.05) is 29.8 Å². The van der Waals surface area contributed by atoms with Crippen LogP contribution in [0.4, 0.5) is 5.69 Å². The molecule has 1 atom stereocenters. The Hall–Kier alpha value is -2.54. The zero-order chi connectivity index (χ0) is 15.8. The Kier molecular flexibility index (Phi) is 3.42. The van der Waals surface area contributed by atoms with Gasteiger partial charge in [-0.3, -0.25) is 0 Å². The summed E-state index contributed by atoms with van der Waals surface area (Å²) >= 11 is 6.63. The van der Waals surface area contributed by atoms with Gasteiger partial charge in [-0.25, -0.2) is 4.99 Å². The highest BCUT2D eigenvalue weighted by Gasteiger charge is 2.31. The Morgan fingerprint density at radius 3 is 2.83 bits per heavy atom. The summed E-state index contributed by atoms with van der Waals surface area (Å²) in [5.41, 5.74) is 8.38. The van der Waals surface area contributed by atoms with E-state index in [2.05, 4.69) is 37.5 Å². The smallest absolute Gasteiger partial charge is 0.211 e. The van der Waals surface area contributed by atoms with E-state index in [4.69, 9.17) is 17.3 Å². The van der Waals surface area contributed by atoms with Gasteiger partial charge < -0.3 is 16.0 Å². The van der Waals surface area contributed by atoms with Crippen molar-refractivity contribution >= 4 is 28.9 Å². The van der Waals surface area contributed by atoms with Crippen molar-refractivity contribution in [1.82, 2.24) is 19.9 Å². The molecule has 2 aliphatic heterocycles. The minimum atomic E-state index is 0.138. The summed E-state index contributed by atoms with van der Waals surface area (Å²) in [5.74, 6) is 0.953. The second-order valence-corrected chi connectivity index (χ2v) is 5.84. The predicted octanol–water partition coefficient (Wildman–Crippen LogP) is 1.83. The van der Waals surface area contributed by atoms with E-state index in [0.717, 1.165) is 18.7 Å². The van der Waals surface area contributed by atoms with Gasteiger partial charge in [0.15, 0.2) is 5.16 Å². The molecule has 0 saturated heterocycles. The number of nitrogens with two attached hydrogens (primary N) is 1. The first kappa shape index (κ1) is 14.1. The fourth-order valence-corrected chi connectivity index (χ4v) is 3.36. The molecule has 1 unspecified atom stereocenters. The van der Waals surface area contributed by atoms with Gasteiger partial charge in [0.2, 0.25) is 5.82 Å². The maximum atomic E-state index is 6.63. The molecular weight excluding hydrogens is 314 g/mol. The number of anilines is 1. The topological polar surface area (TPSA) is 84.4 Å². The molecule has 0 aliphatic carbocycles. The van der Waals surface area contributed by atoms with Crippen molar-refractivity contribution in [2.24, 2.45) is 10.7 Å². The van der Waals surface area contributed by atoms with E-state index in [9.17, 15) is 0 Å². The fraction of sp³-hybridized carbons (Fsp3) is 0.267. The molecule has 8 heteroatoms. The van der Waals surface area contributed by atoms with E-state index in [0.29, 0.717) is 23.4 Å². The number of hydrogen-bond acceptors (Lipinski definition) is 6. The largest absolute Gasteiger partial charge is 0.386 e. The first-order valence-corrected chi connectivity index (χ1v) is 7.81. The van der Waals surface area contributed by atoms with Gasteiger partial charge >= 0.3 is 0 Å². The molecule has 0 saturated carbocycles. The molecule has 1 aromatic heterocycles. The van der Waals surface area contributed by atoms with Gasteiger partial charge in [0, 0.05) is 12.2 Å². The third-order valence-electron chi connectivity index (χ3n) is 4.06. The molecule has 0 radical (unpaired) electrons. The maximum absolute atomic E-state index is 6.63. The minimum absolute atomic E-state index is 0.138. The Bertz CT molecular complexity index is 781. The predicted molar refractivity (Wildman–Crippen MR) is 89.7 cm³/mol. The number of aromatic nitrogens is 3. The van der Waals surface area contributed by atoms with E-state index < -0.39 is 0 Å². The Morgan fingerprint density at radius 1 is 1.22 bits per heavy atom. The molecule has 3 heterocycles. The highest BCUT2D eigenvalue weighted by molar-refractivity contribution is 6.32. The number of aliphatic imine (C=N–C) groups is 1. The first-order valence-electron chi connectivity index (χ1n) is 7.43. The van der Waals surface area contributed by atoms with E-state index in [1.807, 2.05) is 12.1 Å². The van der Waals surface area contributed by atoms with Crippen molar-refractivity contribution in [3.8, 4) is 0 Å². The van der Waals surface area contributed by atoms with Gasteiger partial charge in [-0.15, -0.1) is 4.80 Å². The highest BCUT2D eigenvalue weighted by Crippen LogP contribution is 2.38. The van der Waals surface area contributed by atoms with Crippen LogP contribution >= 0.6 is 11.6 Å². The molecule has 0 bridgehead atoms. The van der Waals surface area contributed by atoms with Crippen LogP contribution in [0.3, 0.4) is 0 Å². The van der Waals surface area contributed by atoms with Crippen LogP contribution in [0.25, 0.3) is 5.82 Å². The van der Waals surface area contributed by atoms with Crippen molar-refractivity contribution in [3.63, 3.8) is 0 Å². The average Bonchev–Trinajstić information content (AvgIpc) is 3.10. The molecule has 7 nitrogen and oxygen atoms in total. The van der Waals surface area contributed by atoms with Crippen molar-refractivity contribution in [2.75, 3.05) is 18.4 Å². The lowest BCUT2D eigenvalue weighted by molar-refractivity contribution is 0.286. The number of nitrogens with one attached hydrogen (secondary N) is 1. The molecule has 0 spiro atoms. The maximum Gasteiger partial charge on any atom is 0.211 e. The number of nitrogens with zero attached hydrogens (tertiary/aromatic N) is 5. The summed E-state index contributed by atoms with van der Waals surface area (Å²) < 4.78 is 0. The number of hydrogen-bond donors (Lipinski definition) is 2. The standard InChI is InChI=1S/C15H16ClN7/c16-14-15(23-19-7-8-20-23)21-13(17)9-22(14)12-5-6-18-11-4-2-1-3-10(11)12/h1-4,7-8,12,18H,5-6,9H2,(H2,17,21). The highest BCUT2D eigenvalue weighted by atomic mass is 35.5. The van der Waals surface area contributed by atoms with Crippen LogP contribution in [0.1, 0.15) is 18.0 Å². The summed E-state index contributed by atoms with van der Waals surface area (Å²) in [6.45, 7) is 1.37. The molecule has 3 N–H and O–H groups in total. The Labute approximate surface area is 138 Å². The number of rotatable bonds is 2. The second-order valence-electron chi connectivity index (χ2n) is 5.48. The number of halogens is 1. The van der Waals surface area contributed by atoms with Crippen LogP contribution in [-0.4, -0.2) is 38.8 Å². The lowest BCUT2D eigenvalue weighted by atomic mass is 9.96. The fourth-order valence-electron chi connectivity index (χ4n) is 3.06. The minimum Gasteiger partial charge on any atom is -0.386 e. The van der Waals surface area contributed by atoms with Crippen molar-refractivity contribution in [2.45, 2.75) is 12.5 Å². The third kappa shape index (κ3) is 2.43. The molecular formula is C15H16ClN7. The van der Waals surface area contributed by atoms with E-state index in [-0.39, 0.29) is 6.04 Å². The summed E-state index contributed by atoms with van der Waals surface area (Å²) in [7, 11) is 0. The monoisotopic (exact) mass is 329 g/mol. The number of amidine groups is 1. The molecule has 2 aromatic rings. The zero-order valence-corrected chi connectivity index (χ0v) is 13.1. The Morgan fingerprint density at radius 2 is 2.00 bits per heavy atom.